The molecule has 0 radical (unpaired) electrons. The Hall–Kier alpha value is -2.15. The number of anilines is 1. The molecule has 1 atom stereocenters. The van der Waals surface area contributed by atoms with E-state index < -0.39 is 4.92 Å². The third-order valence-corrected chi connectivity index (χ3v) is 3.02. The fourth-order valence-corrected chi connectivity index (χ4v) is 2.09. The molecule has 1 N–H and O–H groups in total. The number of halogens is 1. The number of hydrogen-bond donors (Lipinski definition) is 1. The van der Waals surface area contributed by atoms with Gasteiger partial charge in [0.15, 0.2) is 0 Å². The molecule has 2 heterocycles. The van der Waals surface area contributed by atoms with Crippen LogP contribution in [0.4, 0.5) is 11.5 Å². The van der Waals surface area contributed by atoms with Gasteiger partial charge in [0, 0.05) is 5.56 Å². The third kappa shape index (κ3) is 2.88. The van der Waals surface area contributed by atoms with Gasteiger partial charge in [0.25, 0.3) is 0 Å². The smallest absolute Gasteiger partial charge is 0.329 e. The highest BCUT2D eigenvalue weighted by Crippen LogP contribution is 2.28. The van der Waals surface area contributed by atoms with Crippen molar-refractivity contribution in [2.45, 2.75) is 26.8 Å². The molecule has 20 heavy (non-hydrogen) atoms. The van der Waals surface area contributed by atoms with Crippen LogP contribution in [0.25, 0.3) is 0 Å². The number of nitrogens with zero attached hydrogens (tertiary/aromatic N) is 3. The second kappa shape index (κ2) is 5.46. The van der Waals surface area contributed by atoms with Gasteiger partial charge in [0.05, 0.1) is 11.0 Å². The molecule has 2 rings (SSSR count). The van der Waals surface area contributed by atoms with Crippen molar-refractivity contribution in [1.29, 1.82) is 0 Å². The third-order valence-electron chi connectivity index (χ3n) is 2.84. The maximum Gasteiger partial charge on any atom is 0.329 e. The molecule has 0 saturated heterocycles. The Balaban J connectivity index is 2.32. The van der Waals surface area contributed by atoms with Crippen molar-refractivity contribution in [3.63, 3.8) is 0 Å². The van der Waals surface area contributed by atoms with Gasteiger partial charge in [-0.05, 0) is 38.4 Å². The first-order valence-corrected chi connectivity index (χ1v) is 6.26. The molecule has 0 spiro atoms. The number of nitro groups is 1. The van der Waals surface area contributed by atoms with Crippen molar-refractivity contribution in [3.8, 4) is 0 Å². The molecule has 2 aromatic rings. The van der Waals surface area contributed by atoms with Gasteiger partial charge in [0.1, 0.15) is 17.7 Å². The predicted octanol–water partition coefficient (Wildman–Crippen LogP) is 3.42. The van der Waals surface area contributed by atoms with E-state index in [1.807, 2.05) is 26.8 Å². The Morgan fingerprint density at radius 1 is 1.50 bits per heavy atom. The molecule has 0 aliphatic carbocycles. The quantitative estimate of drug-likeness (QED) is 0.528. The first-order valence-electron chi connectivity index (χ1n) is 5.89. The van der Waals surface area contributed by atoms with E-state index in [1.165, 1.54) is 0 Å². The summed E-state index contributed by atoms with van der Waals surface area (Å²) >= 11 is 5.68. The summed E-state index contributed by atoms with van der Waals surface area (Å²) in [4.78, 5) is 17.9. The fourth-order valence-electron chi connectivity index (χ4n) is 1.96. The van der Waals surface area contributed by atoms with E-state index >= 15 is 0 Å². The molecular weight excluding hydrogens is 284 g/mol. The van der Waals surface area contributed by atoms with E-state index in [2.05, 4.69) is 15.3 Å². The van der Waals surface area contributed by atoms with Crippen LogP contribution >= 0.6 is 11.6 Å². The summed E-state index contributed by atoms with van der Waals surface area (Å²) in [6.45, 7) is 5.53. The average Bonchev–Trinajstić information content (AvgIpc) is 2.68. The summed E-state index contributed by atoms with van der Waals surface area (Å²) in [5, 5.41) is 13.9. The van der Waals surface area contributed by atoms with E-state index in [1.54, 1.807) is 0 Å². The second-order valence-electron chi connectivity index (χ2n) is 4.36. The molecule has 0 aliphatic heterocycles. The van der Waals surface area contributed by atoms with Gasteiger partial charge in [-0.2, -0.15) is 4.98 Å². The van der Waals surface area contributed by atoms with Crippen LogP contribution in [0.1, 0.15) is 30.0 Å². The maximum atomic E-state index is 10.9. The molecule has 8 heteroatoms. The average molecular weight is 297 g/mol. The second-order valence-corrected chi connectivity index (χ2v) is 4.70. The van der Waals surface area contributed by atoms with Crippen molar-refractivity contribution in [1.82, 2.24) is 9.97 Å². The number of furan rings is 1. The Morgan fingerprint density at radius 2 is 2.20 bits per heavy atom. The van der Waals surface area contributed by atoms with Crippen molar-refractivity contribution in [2.75, 3.05) is 5.32 Å². The first-order chi connectivity index (χ1) is 9.38. The largest absolute Gasteiger partial charge is 0.466 e. The van der Waals surface area contributed by atoms with Gasteiger partial charge >= 0.3 is 5.69 Å². The van der Waals surface area contributed by atoms with E-state index in [0.717, 1.165) is 23.3 Å². The van der Waals surface area contributed by atoms with Crippen molar-refractivity contribution in [3.05, 3.63) is 44.7 Å². The lowest BCUT2D eigenvalue weighted by Gasteiger charge is -2.13. The van der Waals surface area contributed by atoms with E-state index in [9.17, 15) is 10.1 Å². The summed E-state index contributed by atoms with van der Waals surface area (Å²) in [5.41, 5.74) is 0.686. The normalized spacial score (nSPS) is 12.2. The maximum absolute atomic E-state index is 10.9. The highest BCUT2D eigenvalue weighted by molar-refractivity contribution is 6.28. The van der Waals surface area contributed by atoms with Crippen molar-refractivity contribution in [2.24, 2.45) is 0 Å². The summed E-state index contributed by atoms with van der Waals surface area (Å²) in [5.74, 6) is 1.62. The number of hydrogen-bond acceptors (Lipinski definition) is 6. The lowest BCUT2D eigenvalue weighted by molar-refractivity contribution is -0.384. The summed E-state index contributed by atoms with van der Waals surface area (Å²) < 4.78 is 5.44. The van der Waals surface area contributed by atoms with Crippen LogP contribution in [0.2, 0.25) is 5.28 Å². The highest BCUT2D eigenvalue weighted by Gasteiger charge is 2.20. The molecule has 0 aromatic carbocycles. The highest BCUT2D eigenvalue weighted by atomic mass is 35.5. The Bertz CT molecular complexity index is 656. The van der Waals surface area contributed by atoms with Crippen molar-refractivity contribution >= 4 is 23.1 Å². The molecule has 2 aromatic heterocycles. The first kappa shape index (κ1) is 14.3. The van der Waals surface area contributed by atoms with Crippen LogP contribution in [-0.2, 0) is 0 Å². The standard InChI is InChI=1S/C12H13ClN4O3/c1-6-4-9(8(3)20-6)7(2)15-11-10(17(18)19)5-14-12(13)16-11/h4-5,7H,1-3H3,(H,14,15,16). The van der Waals surface area contributed by atoms with Crippen LogP contribution in [0.5, 0.6) is 0 Å². The molecule has 0 saturated carbocycles. The van der Waals surface area contributed by atoms with Crippen LogP contribution in [-0.4, -0.2) is 14.9 Å². The van der Waals surface area contributed by atoms with Gasteiger partial charge in [-0.3, -0.25) is 10.1 Å². The minimum atomic E-state index is -0.557. The number of nitrogens with one attached hydrogen (secondary N) is 1. The molecule has 106 valence electrons. The number of aryl methyl sites for hydroxylation is 2. The SMILES string of the molecule is Cc1cc(C(C)Nc2nc(Cl)ncc2[N+](=O)[O-])c(C)o1. The minimum Gasteiger partial charge on any atom is -0.466 e. The summed E-state index contributed by atoms with van der Waals surface area (Å²) in [7, 11) is 0. The topological polar surface area (TPSA) is 94.1 Å². The zero-order valence-corrected chi connectivity index (χ0v) is 11.9. The monoisotopic (exact) mass is 296 g/mol. The van der Waals surface area contributed by atoms with Gasteiger partial charge in [-0.15, -0.1) is 0 Å². The number of rotatable bonds is 4. The zero-order chi connectivity index (χ0) is 14.9. The van der Waals surface area contributed by atoms with Crippen LogP contribution in [0.15, 0.2) is 16.7 Å². The predicted molar refractivity (Wildman–Crippen MR) is 73.9 cm³/mol. The van der Waals surface area contributed by atoms with Gasteiger partial charge in [-0.1, -0.05) is 0 Å². The van der Waals surface area contributed by atoms with Gasteiger partial charge in [0.2, 0.25) is 11.1 Å². The van der Waals surface area contributed by atoms with Crippen LogP contribution in [0.3, 0.4) is 0 Å². The van der Waals surface area contributed by atoms with Gasteiger partial charge < -0.3 is 9.73 Å². The fraction of sp³-hybridized carbons (Fsp3) is 0.333. The molecule has 0 amide bonds. The lowest BCUT2D eigenvalue weighted by Crippen LogP contribution is -2.10. The molecule has 0 bridgehead atoms. The minimum absolute atomic E-state index is 0.0506. The lowest BCUT2D eigenvalue weighted by atomic mass is 10.1. The van der Waals surface area contributed by atoms with Gasteiger partial charge in [-0.25, -0.2) is 4.98 Å². The molecule has 0 aliphatic rings. The molecule has 1 unspecified atom stereocenters. The van der Waals surface area contributed by atoms with Crippen LogP contribution in [0, 0.1) is 24.0 Å². The molecular formula is C12H13ClN4O3. The van der Waals surface area contributed by atoms with Crippen LogP contribution < -0.4 is 5.32 Å². The Morgan fingerprint density at radius 3 is 2.75 bits per heavy atom. The van der Waals surface area contributed by atoms with E-state index in [-0.39, 0.29) is 22.8 Å². The van der Waals surface area contributed by atoms with E-state index in [4.69, 9.17) is 16.0 Å². The molecule has 7 nitrogen and oxygen atoms in total. The van der Waals surface area contributed by atoms with E-state index in [0.29, 0.717) is 0 Å². The zero-order valence-electron chi connectivity index (χ0n) is 11.2. The summed E-state index contributed by atoms with van der Waals surface area (Å²) in [6, 6.07) is 1.67. The van der Waals surface area contributed by atoms with Crippen molar-refractivity contribution < 1.29 is 9.34 Å². The summed E-state index contributed by atoms with van der Waals surface area (Å²) in [6.07, 6.45) is 1.08. The number of aromatic nitrogens is 2. The Labute approximate surface area is 120 Å². The molecule has 0 fully saturated rings. The Kier molecular flexibility index (Phi) is 3.89.